The molecule has 1 aliphatic heterocycles. The highest BCUT2D eigenvalue weighted by molar-refractivity contribution is 5.17. The standard InChI is InChI=1S/C15H22N2O/c1-10(11-5-4-7-16-9-11)17-13-12-6-8-18-14(12)15(13,2)3/h4-5,7,9-10,12-14,17H,6,8H2,1-3H3/t10-,12?,13?,14?/m1/s1. The molecule has 1 aromatic heterocycles. The van der Waals surface area contributed by atoms with E-state index in [-0.39, 0.29) is 5.41 Å². The van der Waals surface area contributed by atoms with Gasteiger partial charge in [-0.05, 0) is 25.0 Å². The molecule has 1 aliphatic carbocycles. The van der Waals surface area contributed by atoms with Crippen molar-refractivity contribution in [1.82, 2.24) is 10.3 Å². The normalized spacial score (nSPS) is 34.7. The van der Waals surface area contributed by atoms with Gasteiger partial charge in [0.05, 0.1) is 6.10 Å². The monoisotopic (exact) mass is 246 g/mol. The molecule has 1 saturated heterocycles. The van der Waals surface area contributed by atoms with Gasteiger partial charge in [-0.25, -0.2) is 0 Å². The van der Waals surface area contributed by atoms with Crippen LogP contribution in [0.3, 0.4) is 0 Å². The quantitative estimate of drug-likeness (QED) is 0.890. The molecule has 2 aliphatic rings. The summed E-state index contributed by atoms with van der Waals surface area (Å²) in [5.41, 5.74) is 1.51. The van der Waals surface area contributed by atoms with Gasteiger partial charge in [0.25, 0.3) is 0 Å². The van der Waals surface area contributed by atoms with Crippen LogP contribution in [0.2, 0.25) is 0 Å². The second kappa shape index (κ2) is 4.32. The van der Waals surface area contributed by atoms with Crippen molar-refractivity contribution in [3.8, 4) is 0 Å². The van der Waals surface area contributed by atoms with Crippen LogP contribution in [-0.2, 0) is 4.74 Å². The summed E-state index contributed by atoms with van der Waals surface area (Å²) >= 11 is 0. The Bertz CT molecular complexity index is 418. The van der Waals surface area contributed by atoms with Crippen LogP contribution < -0.4 is 5.32 Å². The first-order chi connectivity index (χ1) is 8.60. The number of ether oxygens (including phenoxy) is 1. The van der Waals surface area contributed by atoms with Crippen LogP contribution in [0.25, 0.3) is 0 Å². The fourth-order valence-corrected chi connectivity index (χ4v) is 3.66. The van der Waals surface area contributed by atoms with E-state index in [1.54, 1.807) is 0 Å². The minimum atomic E-state index is 0.248. The molecule has 0 radical (unpaired) electrons. The summed E-state index contributed by atoms with van der Waals surface area (Å²) in [5.74, 6) is 0.694. The highest BCUT2D eigenvalue weighted by Gasteiger charge is 2.59. The van der Waals surface area contributed by atoms with E-state index in [4.69, 9.17) is 4.74 Å². The average molecular weight is 246 g/mol. The van der Waals surface area contributed by atoms with E-state index in [0.717, 1.165) is 6.61 Å². The minimum Gasteiger partial charge on any atom is -0.377 e. The maximum Gasteiger partial charge on any atom is 0.0685 e. The first-order valence-corrected chi connectivity index (χ1v) is 6.88. The number of nitrogens with one attached hydrogen (secondary N) is 1. The third-order valence-corrected chi connectivity index (χ3v) is 4.71. The Labute approximate surface area is 109 Å². The van der Waals surface area contributed by atoms with Crippen LogP contribution in [0.4, 0.5) is 0 Å². The summed E-state index contributed by atoms with van der Waals surface area (Å²) in [6, 6.07) is 5.05. The number of pyridine rings is 1. The van der Waals surface area contributed by atoms with Crippen LogP contribution in [0.5, 0.6) is 0 Å². The Hall–Kier alpha value is -0.930. The zero-order valence-corrected chi connectivity index (χ0v) is 11.4. The van der Waals surface area contributed by atoms with Crippen LogP contribution >= 0.6 is 0 Å². The Kier molecular flexibility index (Phi) is 2.91. The first kappa shape index (κ1) is 12.1. The average Bonchev–Trinajstić information content (AvgIpc) is 2.83. The number of aromatic nitrogens is 1. The van der Waals surface area contributed by atoms with E-state index in [1.807, 2.05) is 18.5 Å². The van der Waals surface area contributed by atoms with Crippen molar-refractivity contribution in [2.45, 2.75) is 45.4 Å². The third-order valence-electron chi connectivity index (χ3n) is 4.71. The number of fused-ring (bicyclic) bond motifs is 1. The van der Waals surface area contributed by atoms with Gasteiger partial charge < -0.3 is 10.1 Å². The molecule has 3 unspecified atom stereocenters. The zero-order valence-electron chi connectivity index (χ0n) is 11.4. The van der Waals surface area contributed by atoms with E-state index in [0.29, 0.717) is 24.1 Å². The highest BCUT2D eigenvalue weighted by Crippen LogP contribution is 2.52. The van der Waals surface area contributed by atoms with Crippen molar-refractivity contribution >= 4 is 0 Å². The van der Waals surface area contributed by atoms with Crippen LogP contribution in [-0.4, -0.2) is 23.7 Å². The minimum absolute atomic E-state index is 0.248. The van der Waals surface area contributed by atoms with E-state index in [9.17, 15) is 0 Å². The van der Waals surface area contributed by atoms with Gasteiger partial charge in [0.1, 0.15) is 0 Å². The Morgan fingerprint density at radius 2 is 2.33 bits per heavy atom. The SMILES string of the molecule is C[C@@H](NC1C2CCOC2C1(C)C)c1cccnc1. The lowest BCUT2D eigenvalue weighted by Gasteiger charge is -2.55. The van der Waals surface area contributed by atoms with Crippen LogP contribution in [0.1, 0.15) is 38.8 Å². The van der Waals surface area contributed by atoms with Gasteiger partial charge >= 0.3 is 0 Å². The molecule has 98 valence electrons. The van der Waals surface area contributed by atoms with E-state index >= 15 is 0 Å². The molecule has 4 atom stereocenters. The van der Waals surface area contributed by atoms with Gasteiger partial charge in [-0.1, -0.05) is 19.9 Å². The molecule has 3 heteroatoms. The molecular weight excluding hydrogens is 224 g/mol. The molecule has 3 nitrogen and oxygen atoms in total. The van der Waals surface area contributed by atoms with Gasteiger partial charge in [-0.2, -0.15) is 0 Å². The van der Waals surface area contributed by atoms with Gasteiger partial charge in [0, 0.05) is 42.4 Å². The number of hydrogen-bond acceptors (Lipinski definition) is 3. The molecule has 1 N–H and O–H groups in total. The van der Waals surface area contributed by atoms with Gasteiger partial charge in [-0.3, -0.25) is 4.98 Å². The molecule has 0 spiro atoms. The third kappa shape index (κ3) is 1.77. The molecule has 2 fully saturated rings. The summed E-state index contributed by atoms with van der Waals surface area (Å²) in [7, 11) is 0. The maximum atomic E-state index is 5.83. The van der Waals surface area contributed by atoms with Gasteiger partial charge in [0.15, 0.2) is 0 Å². The summed E-state index contributed by atoms with van der Waals surface area (Å²) in [6.45, 7) is 7.77. The lowest BCUT2D eigenvalue weighted by Crippen LogP contribution is -2.66. The van der Waals surface area contributed by atoms with Gasteiger partial charge in [0.2, 0.25) is 0 Å². The lowest BCUT2D eigenvalue weighted by atomic mass is 9.57. The van der Waals surface area contributed by atoms with E-state index in [1.165, 1.54) is 12.0 Å². The van der Waals surface area contributed by atoms with Gasteiger partial charge in [-0.15, -0.1) is 0 Å². The smallest absolute Gasteiger partial charge is 0.0685 e. The Morgan fingerprint density at radius 3 is 3.06 bits per heavy atom. The summed E-state index contributed by atoms with van der Waals surface area (Å²) in [5, 5.41) is 3.77. The fraction of sp³-hybridized carbons (Fsp3) is 0.667. The van der Waals surface area contributed by atoms with Crippen LogP contribution in [0.15, 0.2) is 24.5 Å². The molecule has 18 heavy (non-hydrogen) atoms. The lowest BCUT2D eigenvalue weighted by molar-refractivity contribution is -0.115. The summed E-state index contributed by atoms with van der Waals surface area (Å²) in [6.07, 6.45) is 5.43. The predicted molar refractivity (Wildman–Crippen MR) is 71.2 cm³/mol. The molecule has 0 bridgehead atoms. The van der Waals surface area contributed by atoms with Crippen molar-refractivity contribution in [3.05, 3.63) is 30.1 Å². The molecule has 1 saturated carbocycles. The fourth-order valence-electron chi connectivity index (χ4n) is 3.66. The van der Waals surface area contributed by atoms with Crippen molar-refractivity contribution in [1.29, 1.82) is 0 Å². The largest absolute Gasteiger partial charge is 0.377 e. The molecule has 2 heterocycles. The van der Waals surface area contributed by atoms with Crippen molar-refractivity contribution in [3.63, 3.8) is 0 Å². The first-order valence-electron chi connectivity index (χ1n) is 6.88. The second-order valence-electron chi connectivity index (χ2n) is 6.22. The van der Waals surface area contributed by atoms with Crippen LogP contribution in [0, 0.1) is 11.3 Å². The Morgan fingerprint density at radius 1 is 1.50 bits per heavy atom. The molecule has 0 amide bonds. The number of rotatable bonds is 3. The summed E-state index contributed by atoms with van der Waals surface area (Å²) < 4.78 is 5.83. The molecule has 3 rings (SSSR count). The molecule has 1 aromatic rings. The van der Waals surface area contributed by atoms with Crippen molar-refractivity contribution < 1.29 is 4.74 Å². The summed E-state index contributed by atoms with van der Waals surface area (Å²) in [4.78, 5) is 4.20. The highest BCUT2D eigenvalue weighted by atomic mass is 16.5. The van der Waals surface area contributed by atoms with E-state index in [2.05, 4.69) is 37.1 Å². The van der Waals surface area contributed by atoms with Crippen molar-refractivity contribution in [2.75, 3.05) is 6.61 Å². The zero-order chi connectivity index (χ0) is 12.8. The predicted octanol–water partition coefficient (Wildman–Crippen LogP) is 2.55. The Balaban J connectivity index is 1.70. The number of nitrogens with zero attached hydrogens (tertiary/aromatic N) is 1. The van der Waals surface area contributed by atoms with E-state index < -0.39 is 0 Å². The molecular formula is C15H22N2O. The number of hydrogen-bond donors (Lipinski definition) is 1. The maximum absolute atomic E-state index is 5.83. The molecule has 0 aromatic carbocycles. The van der Waals surface area contributed by atoms with Crippen molar-refractivity contribution in [2.24, 2.45) is 11.3 Å². The second-order valence-corrected chi connectivity index (χ2v) is 6.22. The topological polar surface area (TPSA) is 34.1 Å².